The molecule has 0 radical (unpaired) electrons. The second kappa shape index (κ2) is 7.29. The van der Waals surface area contributed by atoms with Crippen LogP contribution >= 0.6 is 22.7 Å². The lowest BCUT2D eigenvalue weighted by atomic mass is 10.2. The Kier molecular flexibility index (Phi) is 4.92. The zero-order valence-electron chi connectivity index (χ0n) is 13.1. The molecule has 25 heavy (non-hydrogen) atoms. The molecule has 0 aliphatic rings. The van der Waals surface area contributed by atoms with Crippen LogP contribution < -0.4 is 11.0 Å². The number of esters is 1. The van der Waals surface area contributed by atoms with Gasteiger partial charge in [0.05, 0.1) is 12.0 Å². The van der Waals surface area contributed by atoms with Crippen LogP contribution in [0.15, 0.2) is 45.8 Å². The molecule has 0 saturated heterocycles. The SMILES string of the molecule is CCOC(=O)/C(C#N)=C/Nn1cnc2scc(-c3cccs3)c2c1=O. The number of nitrogens with one attached hydrogen (secondary N) is 1. The standard InChI is InChI=1S/C16H12N4O3S2/c1-2-23-16(22)10(6-17)7-19-20-9-18-14-13(15(20)21)11(8-25-14)12-4-3-5-24-12/h3-5,7-9,19H,2H2,1H3/b10-7+. The molecule has 3 heterocycles. The Morgan fingerprint density at radius 3 is 3.04 bits per heavy atom. The average Bonchev–Trinajstić information content (AvgIpc) is 3.26. The fraction of sp³-hybridized carbons (Fsp3) is 0.125. The van der Waals surface area contributed by atoms with Gasteiger partial charge in [0, 0.05) is 22.0 Å². The van der Waals surface area contributed by atoms with E-state index in [0.29, 0.717) is 10.2 Å². The predicted octanol–water partition coefficient (Wildman–Crippen LogP) is 2.70. The molecule has 7 nitrogen and oxygen atoms in total. The number of fused-ring (bicyclic) bond motifs is 1. The van der Waals surface area contributed by atoms with Crippen LogP contribution in [0, 0.1) is 11.3 Å². The largest absolute Gasteiger partial charge is 0.462 e. The fourth-order valence-electron chi connectivity index (χ4n) is 2.12. The topological polar surface area (TPSA) is 97.0 Å². The summed E-state index contributed by atoms with van der Waals surface area (Å²) in [4.78, 5) is 30.2. The Balaban J connectivity index is 2.00. The normalized spacial score (nSPS) is 11.3. The van der Waals surface area contributed by atoms with E-state index in [9.17, 15) is 9.59 Å². The van der Waals surface area contributed by atoms with Gasteiger partial charge in [-0.3, -0.25) is 10.2 Å². The van der Waals surface area contributed by atoms with Gasteiger partial charge in [-0.25, -0.2) is 14.5 Å². The summed E-state index contributed by atoms with van der Waals surface area (Å²) >= 11 is 2.92. The molecular formula is C16H12N4O3S2. The van der Waals surface area contributed by atoms with Gasteiger partial charge in [-0.05, 0) is 18.4 Å². The highest BCUT2D eigenvalue weighted by molar-refractivity contribution is 7.18. The van der Waals surface area contributed by atoms with Gasteiger partial charge in [-0.15, -0.1) is 22.7 Å². The third kappa shape index (κ3) is 3.31. The zero-order valence-corrected chi connectivity index (χ0v) is 14.7. The molecule has 3 rings (SSSR count). The molecule has 9 heteroatoms. The Morgan fingerprint density at radius 1 is 1.52 bits per heavy atom. The van der Waals surface area contributed by atoms with Gasteiger partial charge >= 0.3 is 5.97 Å². The number of nitrogens with zero attached hydrogens (tertiary/aromatic N) is 3. The molecule has 0 bridgehead atoms. The van der Waals surface area contributed by atoms with Crippen molar-refractivity contribution in [1.82, 2.24) is 9.66 Å². The second-order valence-electron chi connectivity index (χ2n) is 4.75. The quantitative estimate of drug-likeness (QED) is 0.420. The molecule has 126 valence electrons. The van der Waals surface area contributed by atoms with E-state index in [1.54, 1.807) is 13.0 Å². The summed E-state index contributed by atoms with van der Waals surface area (Å²) in [5.41, 5.74) is 2.89. The molecule has 0 atom stereocenters. The maximum Gasteiger partial charge on any atom is 0.350 e. The van der Waals surface area contributed by atoms with Crippen LogP contribution in [-0.4, -0.2) is 22.2 Å². The maximum atomic E-state index is 12.7. The molecule has 0 aliphatic heterocycles. The van der Waals surface area contributed by atoms with Crippen molar-refractivity contribution in [2.24, 2.45) is 0 Å². The minimum Gasteiger partial charge on any atom is -0.462 e. The van der Waals surface area contributed by atoms with Crippen molar-refractivity contribution in [1.29, 1.82) is 5.26 Å². The summed E-state index contributed by atoms with van der Waals surface area (Å²) in [5.74, 6) is -0.755. The van der Waals surface area contributed by atoms with Crippen LogP contribution in [0.3, 0.4) is 0 Å². The number of carbonyl (C=O) groups is 1. The van der Waals surface area contributed by atoms with Crippen LogP contribution in [0.4, 0.5) is 0 Å². The molecule has 0 aromatic carbocycles. The number of nitriles is 1. The summed E-state index contributed by atoms with van der Waals surface area (Å²) in [6.45, 7) is 1.80. The molecule has 0 amide bonds. The van der Waals surface area contributed by atoms with Crippen LogP contribution in [-0.2, 0) is 9.53 Å². The van der Waals surface area contributed by atoms with Crippen molar-refractivity contribution < 1.29 is 9.53 Å². The lowest BCUT2D eigenvalue weighted by Gasteiger charge is -2.06. The van der Waals surface area contributed by atoms with Gasteiger partial charge in [0.2, 0.25) is 0 Å². The van der Waals surface area contributed by atoms with Gasteiger partial charge in [0.25, 0.3) is 5.56 Å². The number of rotatable bonds is 5. The van der Waals surface area contributed by atoms with Crippen molar-refractivity contribution in [2.75, 3.05) is 12.0 Å². The minimum atomic E-state index is -0.755. The molecule has 3 aromatic rings. The van der Waals surface area contributed by atoms with Gasteiger partial charge in [0.15, 0.2) is 5.57 Å². The molecule has 0 fully saturated rings. The van der Waals surface area contributed by atoms with E-state index < -0.39 is 5.97 Å². The number of carbonyl (C=O) groups excluding carboxylic acids is 1. The van der Waals surface area contributed by atoms with E-state index in [1.807, 2.05) is 22.9 Å². The van der Waals surface area contributed by atoms with Crippen LogP contribution in [0.2, 0.25) is 0 Å². The monoisotopic (exact) mass is 372 g/mol. The van der Waals surface area contributed by atoms with E-state index in [0.717, 1.165) is 21.3 Å². The van der Waals surface area contributed by atoms with Crippen molar-refractivity contribution in [3.63, 3.8) is 0 Å². The van der Waals surface area contributed by atoms with Gasteiger partial charge in [-0.2, -0.15) is 5.26 Å². The first kappa shape index (κ1) is 16.9. The summed E-state index contributed by atoms with van der Waals surface area (Å²) < 4.78 is 5.90. The van der Waals surface area contributed by atoms with Crippen molar-refractivity contribution in [3.05, 3.63) is 51.3 Å². The van der Waals surface area contributed by atoms with Gasteiger partial charge < -0.3 is 4.74 Å². The number of hydrogen-bond donors (Lipinski definition) is 1. The average molecular weight is 372 g/mol. The Bertz CT molecular complexity index is 1040. The molecule has 1 N–H and O–H groups in total. The smallest absolute Gasteiger partial charge is 0.350 e. The molecular weight excluding hydrogens is 360 g/mol. The van der Waals surface area contributed by atoms with Gasteiger partial charge in [0.1, 0.15) is 17.2 Å². The van der Waals surface area contributed by atoms with Gasteiger partial charge in [-0.1, -0.05) is 6.07 Å². The Morgan fingerprint density at radius 2 is 2.36 bits per heavy atom. The highest BCUT2D eigenvalue weighted by Crippen LogP contribution is 2.33. The molecule has 0 spiro atoms. The number of hydrogen-bond acceptors (Lipinski definition) is 8. The summed E-state index contributed by atoms with van der Waals surface area (Å²) in [6.07, 6.45) is 2.44. The van der Waals surface area contributed by atoms with Crippen LogP contribution in [0.1, 0.15) is 6.92 Å². The highest BCUT2D eigenvalue weighted by Gasteiger charge is 2.14. The van der Waals surface area contributed by atoms with Crippen molar-refractivity contribution in [2.45, 2.75) is 6.92 Å². The number of aromatic nitrogens is 2. The zero-order chi connectivity index (χ0) is 17.8. The van der Waals surface area contributed by atoms with Crippen LogP contribution in [0.25, 0.3) is 20.7 Å². The first-order valence-corrected chi connectivity index (χ1v) is 8.98. The first-order chi connectivity index (χ1) is 12.2. The Hall–Kier alpha value is -2.96. The lowest BCUT2D eigenvalue weighted by molar-refractivity contribution is -0.138. The lowest BCUT2D eigenvalue weighted by Crippen LogP contribution is -2.26. The summed E-state index contributed by atoms with van der Waals surface area (Å²) in [5, 5.41) is 13.3. The van der Waals surface area contributed by atoms with E-state index >= 15 is 0 Å². The van der Waals surface area contributed by atoms with E-state index in [2.05, 4.69) is 10.4 Å². The Labute approximate surface area is 150 Å². The third-order valence-electron chi connectivity index (χ3n) is 3.25. The molecule has 0 aliphatic carbocycles. The van der Waals surface area contributed by atoms with Crippen LogP contribution in [0.5, 0.6) is 0 Å². The van der Waals surface area contributed by atoms with E-state index in [4.69, 9.17) is 10.00 Å². The highest BCUT2D eigenvalue weighted by atomic mass is 32.1. The fourth-order valence-corrected chi connectivity index (χ4v) is 3.84. The predicted molar refractivity (Wildman–Crippen MR) is 96.9 cm³/mol. The number of thiophene rings is 2. The minimum absolute atomic E-state index is 0.157. The second-order valence-corrected chi connectivity index (χ2v) is 6.55. The maximum absolute atomic E-state index is 12.7. The molecule has 3 aromatic heterocycles. The number of ether oxygens (including phenoxy) is 1. The molecule has 0 saturated carbocycles. The van der Waals surface area contributed by atoms with Crippen molar-refractivity contribution >= 4 is 38.9 Å². The summed E-state index contributed by atoms with van der Waals surface area (Å²) in [7, 11) is 0. The first-order valence-electron chi connectivity index (χ1n) is 7.22. The molecule has 0 unspecified atom stereocenters. The van der Waals surface area contributed by atoms with E-state index in [-0.39, 0.29) is 17.7 Å². The van der Waals surface area contributed by atoms with Crippen molar-refractivity contribution in [3.8, 4) is 16.5 Å². The summed E-state index contributed by atoms with van der Waals surface area (Å²) in [6, 6.07) is 5.58. The van der Waals surface area contributed by atoms with E-state index in [1.165, 1.54) is 29.0 Å². The third-order valence-corrected chi connectivity index (χ3v) is 5.03.